The van der Waals surface area contributed by atoms with Crippen LogP contribution in [0.1, 0.15) is 17.5 Å². The first-order valence-electron chi connectivity index (χ1n) is 9.66. The van der Waals surface area contributed by atoms with Crippen molar-refractivity contribution in [3.63, 3.8) is 0 Å². The van der Waals surface area contributed by atoms with Crippen LogP contribution in [0.4, 0.5) is 10.1 Å². The van der Waals surface area contributed by atoms with Crippen molar-refractivity contribution in [2.75, 3.05) is 18.5 Å². The number of carbonyl (C=O) groups is 2. The summed E-state index contributed by atoms with van der Waals surface area (Å²) < 4.78 is 13.9. The minimum Gasteiger partial charge on any atom is -0.339 e. The molecule has 0 fully saturated rings. The van der Waals surface area contributed by atoms with Gasteiger partial charge in [-0.25, -0.2) is 4.39 Å². The number of hydrogen-bond acceptors (Lipinski definition) is 3. The molecule has 0 aliphatic carbocycles. The molecule has 2 aliphatic heterocycles. The number of carbonyl (C=O) groups excluding carboxylic acids is 2. The highest BCUT2D eigenvalue weighted by Gasteiger charge is 2.30. The van der Waals surface area contributed by atoms with Crippen LogP contribution in [0.2, 0.25) is 0 Å². The molecule has 2 aromatic carbocycles. The molecule has 0 spiro atoms. The van der Waals surface area contributed by atoms with Gasteiger partial charge in [0.25, 0.3) is 5.91 Å². The number of amides is 2. The molecule has 2 amide bonds. The molecule has 2 aromatic rings. The van der Waals surface area contributed by atoms with Gasteiger partial charge in [-0.1, -0.05) is 36.4 Å². The molecule has 29 heavy (non-hydrogen) atoms. The Kier molecular flexibility index (Phi) is 5.25. The molecule has 1 atom stereocenters. The van der Waals surface area contributed by atoms with Crippen LogP contribution in [0.5, 0.6) is 0 Å². The van der Waals surface area contributed by atoms with Gasteiger partial charge in [0.15, 0.2) is 0 Å². The van der Waals surface area contributed by atoms with E-state index in [1.54, 1.807) is 36.2 Å². The number of nitrogens with one attached hydrogen (secondary N) is 1. The lowest BCUT2D eigenvalue weighted by atomic mass is 10.0. The average molecular weight is 391 g/mol. The molecule has 0 unspecified atom stereocenters. The Morgan fingerprint density at radius 1 is 1.21 bits per heavy atom. The summed E-state index contributed by atoms with van der Waals surface area (Å²) >= 11 is 0. The van der Waals surface area contributed by atoms with Gasteiger partial charge >= 0.3 is 0 Å². The number of para-hydroxylation sites is 1. The van der Waals surface area contributed by atoms with Gasteiger partial charge in [0.2, 0.25) is 5.91 Å². The van der Waals surface area contributed by atoms with E-state index < -0.39 is 6.04 Å². The van der Waals surface area contributed by atoms with Crippen molar-refractivity contribution in [3.8, 4) is 0 Å². The van der Waals surface area contributed by atoms with E-state index in [-0.39, 0.29) is 23.3 Å². The van der Waals surface area contributed by atoms with Crippen molar-refractivity contribution in [2.24, 2.45) is 4.99 Å². The fourth-order valence-electron chi connectivity index (χ4n) is 3.79. The first-order valence-corrected chi connectivity index (χ1v) is 9.66. The molecule has 2 heterocycles. The second-order valence-electron chi connectivity index (χ2n) is 7.36. The second-order valence-corrected chi connectivity index (χ2v) is 7.36. The Morgan fingerprint density at radius 3 is 2.79 bits per heavy atom. The zero-order chi connectivity index (χ0) is 20.4. The highest BCUT2D eigenvalue weighted by molar-refractivity contribution is 6.44. The number of aryl methyl sites for hydroxylation is 1. The summed E-state index contributed by atoms with van der Waals surface area (Å²) in [6.07, 6.45) is 3.35. The van der Waals surface area contributed by atoms with Crippen molar-refractivity contribution in [1.29, 1.82) is 0 Å². The van der Waals surface area contributed by atoms with Crippen LogP contribution < -0.4 is 10.2 Å². The molecule has 0 saturated heterocycles. The van der Waals surface area contributed by atoms with Crippen LogP contribution in [0.15, 0.2) is 65.2 Å². The fourth-order valence-corrected chi connectivity index (χ4v) is 3.79. The standard InChI is InChI=1S/C23H22FN3O2/c1-27-21-9-5-3-6-16(21)10-11-19(23(27)29)26-22(28)20-13-15(14-25-20)12-17-7-2-4-8-18(17)24/h2-9,13,19H,10-12,14H2,1H3,(H,26,28)/t19-/m0/s1. The average Bonchev–Trinajstić information content (AvgIpc) is 3.16. The summed E-state index contributed by atoms with van der Waals surface area (Å²) in [7, 11) is 1.73. The highest BCUT2D eigenvalue weighted by Crippen LogP contribution is 2.25. The van der Waals surface area contributed by atoms with Crippen molar-refractivity contribution < 1.29 is 14.0 Å². The zero-order valence-corrected chi connectivity index (χ0v) is 16.2. The minimum atomic E-state index is -0.605. The zero-order valence-electron chi connectivity index (χ0n) is 16.2. The van der Waals surface area contributed by atoms with Crippen LogP contribution in [-0.4, -0.2) is 37.2 Å². The number of aliphatic imine (C=N–C) groups is 1. The first kappa shape index (κ1) is 19.1. The van der Waals surface area contributed by atoms with Gasteiger partial charge in [-0.15, -0.1) is 0 Å². The van der Waals surface area contributed by atoms with E-state index in [1.165, 1.54) is 6.07 Å². The topological polar surface area (TPSA) is 61.8 Å². The number of rotatable bonds is 4. The van der Waals surface area contributed by atoms with Crippen LogP contribution in [0, 0.1) is 5.82 Å². The maximum atomic E-state index is 13.9. The Balaban J connectivity index is 1.43. The van der Waals surface area contributed by atoms with E-state index in [0.29, 0.717) is 31.4 Å². The molecule has 2 aliphatic rings. The van der Waals surface area contributed by atoms with Crippen LogP contribution in [0.3, 0.4) is 0 Å². The van der Waals surface area contributed by atoms with Gasteiger partial charge in [0.1, 0.15) is 17.6 Å². The number of likely N-dealkylation sites (N-methyl/N-ethyl adjacent to an activating group) is 1. The Bertz CT molecular complexity index is 1030. The van der Waals surface area contributed by atoms with E-state index in [1.807, 2.05) is 24.3 Å². The van der Waals surface area contributed by atoms with E-state index in [2.05, 4.69) is 10.3 Å². The molecular weight excluding hydrogens is 369 g/mol. The Labute approximate surface area is 168 Å². The van der Waals surface area contributed by atoms with Crippen LogP contribution >= 0.6 is 0 Å². The number of benzene rings is 2. The van der Waals surface area contributed by atoms with E-state index >= 15 is 0 Å². The van der Waals surface area contributed by atoms with E-state index in [9.17, 15) is 14.0 Å². The predicted molar refractivity (Wildman–Crippen MR) is 111 cm³/mol. The lowest BCUT2D eigenvalue weighted by molar-refractivity contribution is -0.124. The Morgan fingerprint density at radius 2 is 1.97 bits per heavy atom. The highest BCUT2D eigenvalue weighted by atomic mass is 19.1. The number of anilines is 1. The number of fused-ring (bicyclic) bond motifs is 1. The van der Waals surface area contributed by atoms with E-state index in [4.69, 9.17) is 0 Å². The summed E-state index contributed by atoms with van der Waals surface area (Å²) in [6.45, 7) is 0.362. The Hall–Kier alpha value is -3.28. The molecule has 148 valence electrons. The van der Waals surface area contributed by atoms with Crippen LogP contribution in [0.25, 0.3) is 0 Å². The quantitative estimate of drug-likeness (QED) is 0.871. The SMILES string of the molecule is CN1C(=O)[C@@H](NC(=O)C2=NCC(Cc3ccccc3F)=C2)CCc2ccccc21. The third kappa shape index (κ3) is 3.97. The summed E-state index contributed by atoms with van der Waals surface area (Å²) in [6, 6.07) is 13.7. The first-order chi connectivity index (χ1) is 14.0. The molecule has 4 rings (SSSR count). The second kappa shape index (κ2) is 7.99. The molecule has 0 bridgehead atoms. The van der Waals surface area contributed by atoms with Gasteiger partial charge < -0.3 is 10.2 Å². The van der Waals surface area contributed by atoms with Crippen LogP contribution in [-0.2, 0) is 22.4 Å². The summed E-state index contributed by atoms with van der Waals surface area (Å²) in [4.78, 5) is 31.4. The molecule has 0 saturated carbocycles. The lowest BCUT2D eigenvalue weighted by Gasteiger charge is -2.22. The molecular formula is C23H22FN3O2. The van der Waals surface area contributed by atoms with Gasteiger partial charge in [0.05, 0.1) is 6.54 Å². The van der Waals surface area contributed by atoms with Gasteiger partial charge in [0, 0.05) is 12.7 Å². The molecule has 0 aromatic heterocycles. The van der Waals surface area contributed by atoms with Gasteiger partial charge in [-0.2, -0.15) is 0 Å². The van der Waals surface area contributed by atoms with Gasteiger partial charge in [-0.05, 0) is 54.2 Å². The summed E-state index contributed by atoms with van der Waals surface area (Å²) in [5.74, 6) is -0.776. The summed E-state index contributed by atoms with van der Waals surface area (Å²) in [5, 5.41) is 2.83. The number of nitrogens with zero attached hydrogens (tertiary/aromatic N) is 2. The normalized spacial score (nSPS) is 18.6. The smallest absolute Gasteiger partial charge is 0.270 e. The maximum Gasteiger partial charge on any atom is 0.270 e. The predicted octanol–water partition coefficient (Wildman–Crippen LogP) is 2.84. The van der Waals surface area contributed by atoms with Crippen molar-refractivity contribution in [3.05, 3.63) is 77.1 Å². The summed E-state index contributed by atoms with van der Waals surface area (Å²) in [5.41, 5.74) is 3.70. The number of hydrogen-bond donors (Lipinski definition) is 1. The van der Waals surface area contributed by atoms with Crippen molar-refractivity contribution in [2.45, 2.75) is 25.3 Å². The number of halogens is 1. The van der Waals surface area contributed by atoms with E-state index in [0.717, 1.165) is 16.8 Å². The lowest BCUT2D eigenvalue weighted by Crippen LogP contribution is -2.48. The minimum absolute atomic E-state index is 0.141. The monoisotopic (exact) mass is 391 g/mol. The molecule has 6 heteroatoms. The third-order valence-corrected chi connectivity index (χ3v) is 5.39. The molecule has 1 N–H and O–H groups in total. The largest absolute Gasteiger partial charge is 0.339 e. The van der Waals surface area contributed by atoms with Crippen molar-refractivity contribution >= 4 is 23.2 Å². The maximum absolute atomic E-state index is 13.9. The third-order valence-electron chi connectivity index (χ3n) is 5.39. The van der Waals surface area contributed by atoms with Gasteiger partial charge in [-0.3, -0.25) is 14.6 Å². The van der Waals surface area contributed by atoms with Crippen molar-refractivity contribution in [1.82, 2.24) is 5.32 Å². The molecule has 0 radical (unpaired) electrons. The fraction of sp³-hybridized carbons (Fsp3) is 0.261. The molecule has 5 nitrogen and oxygen atoms in total.